The summed E-state index contributed by atoms with van der Waals surface area (Å²) in [5, 5.41) is 6.20. The Morgan fingerprint density at radius 3 is 2.64 bits per heavy atom. The summed E-state index contributed by atoms with van der Waals surface area (Å²) in [7, 11) is 0. The molecule has 0 aliphatic carbocycles. The Bertz CT molecular complexity index is 1000. The molecule has 0 spiro atoms. The quantitative estimate of drug-likeness (QED) is 0.468. The van der Waals surface area contributed by atoms with Gasteiger partial charge in [0.25, 0.3) is 0 Å². The third kappa shape index (κ3) is 4.70. The summed E-state index contributed by atoms with van der Waals surface area (Å²) in [5.74, 6) is 0.446. The van der Waals surface area contributed by atoms with Gasteiger partial charge in [0.1, 0.15) is 5.82 Å². The molecule has 0 aliphatic rings. The van der Waals surface area contributed by atoms with Crippen molar-refractivity contribution in [3.8, 4) is 0 Å². The number of carbonyl (C=O) groups excluding carboxylic acids is 2. The van der Waals surface area contributed by atoms with Crippen molar-refractivity contribution in [1.29, 1.82) is 0 Å². The van der Waals surface area contributed by atoms with Gasteiger partial charge in [-0.25, -0.2) is 9.78 Å². The van der Waals surface area contributed by atoms with Gasteiger partial charge in [0.2, 0.25) is 5.95 Å². The second-order valence-electron chi connectivity index (χ2n) is 5.92. The number of benzene rings is 2. The predicted octanol–water partition coefficient (Wildman–Crippen LogP) is 4.34. The van der Waals surface area contributed by atoms with E-state index in [9.17, 15) is 9.59 Å². The summed E-state index contributed by atoms with van der Waals surface area (Å²) < 4.78 is 5.08. The number of rotatable bonds is 7. The van der Waals surface area contributed by atoms with Gasteiger partial charge >= 0.3 is 5.97 Å². The lowest BCUT2D eigenvalue weighted by Crippen LogP contribution is -2.09. The van der Waals surface area contributed by atoms with Crippen molar-refractivity contribution in [2.24, 2.45) is 0 Å². The number of hydrogen-bond acceptors (Lipinski definition) is 7. The maximum Gasteiger partial charge on any atom is 0.340 e. The van der Waals surface area contributed by atoms with Crippen LogP contribution < -0.4 is 10.6 Å². The van der Waals surface area contributed by atoms with Crippen LogP contribution in [-0.2, 0) is 4.74 Å². The van der Waals surface area contributed by atoms with E-state index in [4.69, 9.17) is 4.74 Å². The zero-order valence-corrected chi connectivity index (χ0v) is 15.6. The summed E-state index contributed by atoms with van der Waals surface area (Å²) in [5.41, 5.74) is 2.31. The normalized spacial score (nSPS) is 10.2. The molecule has 0 saturated carbocycles. The van der Waals surface area contributed by atoms with Gasteiger partial charge in [0.15, 0.2) is 5.78 Å². The number of nitrogens with one attached hydrogen (secondary N) is 2. The lowest BCUT2D eigenvalue weighted by Gasteiger charge is -2.11. The van der Waals surface area contributed by atoms with Crippen molar-refractivity contribution in [3.05, 3.63) is 71.9 Å². The molecule has 0 saturated heterocycles. The van der Waals surface area contributed by atoms with Gasteiger partial charge in [-0.1, -0.05) is 24.3 Å². The molecule has 1 heterocycles. The Kier molecular flexibility index (Phi) is 5.96. The van der Waals surface area contributed by atoms with E-state index in [0.717, 1.165) is 5.69 Å². The molecule has 7 nitrogen and oxygen atoms in total. The Morgan fingerprint density at radius 1 is 1.04 bits per heavy atom. The number of aromatic nitrogens is 2. The summed E-state index contributed by atoms with van der Waals surface area (Å²) >= 11 is 0. The fraction of sp³-hybridized carbons (Fsp3) is 0.143. The van der Waals surface area contributed by atoms with Gasteiger partial charge in [0.05, 0.1) is 17.9 Å². The van der Waals surface area contributed by atoms with E-state index < -0.39 is 5.97 Å². The van der Waals surface area contributed by atoms with Crippen molar-refractivity contribution < 1.29 is 14.3 Å². The van der Waals surface area contributed by atoms with Crippen LogP contribution in [0.1, 0.15) is 34.6 Å². The molecule has 0 unspecified atom stereocenters. The maximum atomic E-state index is 12.1. The SMILES string of the molecule is CCOC(=O)c1ccccc1Nc1nccc(Nc2cccc(C(C)=O)c2)n1. The molecule has 142 valence electrons. The largest absolute Gasteiger partial charge is 0.462 e. The van der Waals surface area contributed by atoms with Crippen LogP contribution in [0, 0.1) is 0 Å². The second-order valence-corrected chi connectivity index (χ2v) is 5.92. The van der Waals surface area contributed by atoms with Gasteiger partial charge in [-0.15, -0.1) is 0 Å². The van der Waals surface area contributed by atoms with E-state index in [1.807, 2.05) is 6.07 Å². The van der Waals surface area contributed by atoms with E-state index in [0.29, 0.717) is 35.2 Å². The fourth-order valence-corrected chi connectivity index (χ4v) is 2.55. The van der Waals surface area contributed by atoms with E-state index >= 15 is 0 Å². The van der Waals surface area contributed by atoms with Crippen molar-refractivity contribution in [2.75, 3.05) is 17.2 Å². The number of ether oxygens (including phenoxy) is 1. The van der Waals surface area contributed by atoms with Crippen LogP contribution in [0.2, 0.25) is 0 Å². The first-order chi connectivity index (χ1) is 13.6. The molecule has 7 heteroatoms. The van der Waals surface area contributed by atoms with Crippen LogP contribution in [0.3, 0.4) is 0 Å². The number of esters is 1. The zero-order valence-electron chi connectivity index (χ0n) is 15.6. The third-order valence-electron chi connectivity index (χ3n) is 3.87. The molecule has 2 N–H and O–H groups in total. The van der Waals surface area contributed by atoms with Gasteiger partial charge < -0.3 is 15.4 Å². The molecule has 0 bridgehead atoms. The first-order valence-electron chi connectivity index (χ1n) is 8.81. The van der Waals surface area contributed by atoms with E-state index in [1.165, 1.54) is 6.92 Å². The van der Waals surface area contributed by atoms with E-state index in [-0.39, 0.29) is 5.78 Å². The average Bonchev–Trinajstić information content (AvgIpc) is 2.69. The first-order valence-corrected chi connectivity index (χ1v) is 8.81. The molecule has 28 heavy (non-hydrogen) atoms. The molecule has 0 amide bonds. The summed E-state index contributed by atoms with van der Waals surface area (Å²) in [4.78, 5) is 32.3. The molecular weight excluding hydrogens is 356 g/mol. The van der Waals surface area contributed by atoms with Crippen molar-refractivity contribution in [2.45, 2.75) is 13.8 Å². The number of hydrogen-bond donors (Lipinski definition) is 2. The van der Waals surface area contributed by atoms with Gasteiger partial charge in [0, 0.05) is 17.4 Å². The molecule has 2 aromatic carbocycles. The number of Topliss-reactive ketones (excluding diaryl/α,β-unsaturated/α-hetero) is 1. The van der Waals surface area contributed by atoms with Crippen LogP contribution in [-0.4, -0.2) is 28.3 Å². The molecule has 3 aromatic rings. The van der Waals surface area contributed by atoms with Crippen molar-refractivity contribution in [1.82, 2.24) is 9.97 Å². The minimum absolute atomic E-state index is 0.00994. The molecule has 3 rings (SSSR count). The van der Waals surface area contributed by atoms with Gasteiger partial charge in [-0.2, -0.15) is 4.98 Å². The molecule has 0 atom stereocenters. The van der Waals surface area contributed by atoms with Crippen LogP contribution >= 0.6 is 0 Å². The van der Waals surface area contributed by atoms with Gasteiger partial charge in [-0.3, -0.25) is 4.79 Å². The lowest BCUT2D eigenvalue weighted by atomic mass is 10.1. The summed E-state index contributed by atoms with van der Waals surface area (Å²) in [6.07, 6.45) is 1.60. The fourth-order valence-electron chi connectivity index (χ4n) is 2.55. The number of anilines is 4. The Balaban J connectivity index is 1.80. The minimum atomic E-state index is -0.416. The molecule has 0 fully saturated rings. The molecule has 0 radical (unpaired) electrons. The number of carbonyl (C=O) groups is 2. The topological polar surface area (TPSA) is 93.2 Å². The number of para-hydroxylation sites is 1. The highest BCUT2D eigenvalue weighted by atomic mass is 16.5. The predicted molar refractivity (Wildman–Crippen MR) is 107 cm³/mol. The first kappa shape index (κ1) is 19.0. The summed E-state index contributed by atoms with van der Waals surface area (Å²) in [6.45, 7) is 3.57. The number of ketones is 1. The van der Waals surface area contributed by atoms with Crippen molar-refractivity contribution in [3.63, 3.8) is 0 Å². The average molecular weight is 376 g/mol. The molecule has 1 aromatic heterocycles. The highest BCUT2D eigenvalue weighted by Crippen LogP contribution is 2.21. The van der Waals surface area contributed by atoms with Crippen LogP contribution in [0.15, 0.2) is 60.8 Å². The van der Waals surface area contributed by atoms with Crippen LogP contribution in [0.4, 0.5) is 23.1 Å². The maximum absolute atomic E-state index is 12.1. The third-order valence-corrected chi connectivity index (χ3v) is 3.87. The van der Waals surface area contributed by atoms with E-state index in [2.05, 4.69) is 20.6 Å². The summed E-state index contributed by atoms with van der Waals surface area (Å²) in [6, 6.07) is 15.9. The standard InChI is InChI=1S/C21H20N4O3/c1-3-28-20(27)17-9-4-5-10-18(17)24-21-22-12-11-19(25-21)23-16-8-6-7-15(13-16)14(2)26/h4-13H,3H2,1-2H3,(H2,22,23,24,25). The Hall–Kier alpha value is -3.74. The van der Waals surface area contributed by atoms with Crippen molar-refractivity contribution >= 4 is 34.9 Å². The number of nitrogens with zero attached hydrogens (tertiary/aromatic N) is 2. The lowest BCUT2D eigenvalue weighted by molar-refractivity contribution is 0.0527. The monoisotopic (exact) mass is 376 g/mol. The molecule has 0 aliphatic heterocycles. The second kappa shape index (κ2) is 8.77. The smallest absolute Gasteiger partial charge is 0.340 e. The van der Waals surface area contributed by atoms with E-state index in [1.54, 1.807) is 61.7 Å². The minimum Gasteiger partial charge on any atom is -0.462 e. The van der Waals surface area contributed by atoms with Gasteiger partial charge in [-0.05, 0) is 44.2 Å². The van der Waals surface area contributed by atoms with Crippen LogP contribution in [0.5, 0.6) is 0 Å². The highest BCUT2D eigenvalue weighted by Gasteiger charge is 2.13. The highest BCUT2D eigenvalue weighted by molar-refractivity contribution is 5.96. The van der Waals surface area contributed by atoms with Crippen LogP contribution in [0.25, 0.3) is 0 Å². The Morgan fingerprint density at radius 2 is 1.86 bits per heavy atom. The Labute approximate surface area is 162 Å². The zero-order chi connectivity index (χ0) is 19.9. The molecular formula is C21H20N4O3.